The molecule has 1 saturated heterocycles. The fourth-order valence-electron chi connectivity index (χ4n) is 3.12. The van der Waals surface area contributed by atoms with Crippen LogP contribution < -0.4 is 10.1 Å². The van der Waals surface area contributed by atoms with Gasteiger partial charge in [-0.15, -0.1) is 0 Å². The predicted octanol–water partition coefficient (Wildman–Crippen LogP) is 3.46. The second kappa shape index (κ2) is 6.84. The number of hydrogen-bond donors (Lipinski definition) is 1. The summed E-state index contributed by atoms with van der Waals surface area (Å²) in [5, 5.41) is 3.00. The number of halogens is 1. The van der Waals surface area contributed by atoms with Crippen molar-refractivity contribution in [2.24, 2.45) is 0 Å². The molecule has 1 N–H and O–H groups in total. The van der Waals surface area contributed by atoms with Gasteiger partial charge in [0.1, 0.15) is 18.2 Å². The summed E-state index contributed by atoms with van der Waals surface area (Å²) in [7, 11) is 0. The first kappa shape index (κ1) is 17.4. The highest BCUT2D eigenvalue weighted by molar-refractivity contribution is 5.84. The molecule has 0 aromatic heterocycles. The van der Waals surface area contributed by atoms with Gasteiger partial charge in [-0.2, -0.15) is 0 Å². The Hall–Kier alpha value is -2.40. The zero-order valence-corrected chi connectivity index (χ0v) is 14.8. The van der Waals surface area contributed by atoms with Gasteiger partial charge in [0.2, 0.25) is 5.91 Å². The van der Waals surface area contributed by atoms with Crippen molar-refractivity contribution < 1.29 is 13.9 Å². The molecule has 4 nitrogen and oxygen atoms in total. The van der Waals surface area contributed by atoms with Crippen molar-refractivity contribution >= 4 is 5.91 Å². The zero-order chi connectivity index (χ0) is 18.0. The molecule has 1 aliphatic heterocycles. The number of benzene rings is 2. The van der Waals surface area contributed by atoms with Crippen LogP contribution in [0.25, 0.3) is 0 Å². The van der Waals surface area contributed by atoms with Crippen LogP contribution in [-0.2, 0) is 17.9 Å². The quantitative estimate of drug-likeness (QED) is 0.905. The summed E-state index contributed by atoms with van der Waals surface area (Å²) < 4.78 is 18.9. The van der Waals surface area contributed by atoms with Crippen LogP contribution in [0.4, 0.5) is 4.39 Å². The third-order valence-corrected chi connectivity index (χ3v) is 4.56. The van der Waals surface area contributed by atoms with Crippen LogP contribution in [0.2, 0.25) is 0 Å². The zero-order valence-electron chi connectivity index (χ0n) is 14.8. The maximum Gasteiger partial charge on any atom is 0.238 e. The van der Waals surface area contributed by atoms with E-state index in [2.05, 4.69) is 10.2 Å². The standard InChI is InChI=1S/C20H23FN2O2/c1-14-19(24)22-20(2,3)23(14)12-15-7-9-18(10-8-15)25-13-16-5-4-6-17(21)11-16/h4-11,14H,12-13H2,1-3H3,(H,22,24)/t14-/m0/s1. The lowest BCUT2D eigenvalue weighted by Crippen LogP contribution is -2.46. The maximum atomic E-state index is 13.2. The summed E-state index contributed by atoms with van der Waals surface area (Å²) in [6.45, 7) is 6.93. The Balaban J connectivity index is 1.61. The lowest BCUT2D eigenvalue weighted by molar-refractivity contribution is -0.121. The van der Waals surface area contributed by atoms with E-state index in [1.807, 2.05) is 51.1 Å². The molecule has 0 radical (unpaired) electrons. The summed E-state index contributed by atoms with van der Waals surface area (Å²) in [5.74, 6) is 0.526. The van der Waals surface area contributed by atoms with Crippen LogP contribution in [0.15, 0.2) is 48.5 Å². The molecule has 1 fully saturated rings. The van der Waals surface area contributed by atoms with Crippen LogP contribution in [0, 0.1) is 5.82 Å². The SMILES string of the molecule is C[C@H]1C(=O)NC(C)(C)N1Cc1ccc(OCc2cccc(F)c2)cc1. The van der Waals surface area contributed by atoms with Gasteiger partial charge in [0, 0.05) is 6.54 Å². The lowest BCUT2D eigenvalue weighted by atomic mass is 10.1. The molecule has 2 aromatic carbocycles. The van der Waals surface area contributed by atoms with Crippen molar-refractivity contribution in [3.63, 3.8) is 0 Å². The third kappa shape index (κ3) is 3.99. The van der Waals surface area contributed by atoms with Crippen molar-refractivity contribution in [1.82, 2.24) is 10.2 Å². The number of ether oxygens (including phenoxy) is 1. The van der Waals surface area contributed by atoms with E-state index < -0.39 is 0 Å². The average molecular weight is 342 g/mol. The minimum absolute atomic E-state index is 0.0556. The number of carbonyl (C=O) groups is 1. The molecule has 0 saturated carbocycles. The van der Waals surface area contributed by atoms with Gasteiger partial charge in [-0.1, -0.05) is 24.3 Å². The summed E-state index contributed by atoms with van der Waals surface area (Å²) in [6.07, 6.45) is 0. The molecule has 0 bridgehead atoms. The molecular weight excluding hydrogens is 319 g/mol. The van der Waals surface area contributed by atoms with Gasteiger partial charge >= 0.3 is 0 Å². The lowest BCUT2D eigenvalue weighted by Gasteiger charge is -2.32. The molecule has 132 valence electrons. The van der Waals surface area contributed by atoms with Gasteiger partial charge in [0.15, 0.2) is 0 Å². The Morgan fingerprint density at radius 1 is 1.16 bits per heavy atom. The first-order valence-corrected chi connectivity index (χ1v) is 8.40. The van der Waals surface area contributed by atoms with Crippen molar-refractivity contribution in [2.45, 2.75) is 45.6 Å². The molecule has 0 unspecified atom stereocenters. The second-order valence-electron chi connectivity index (χ2n) is 6.91. The van der Waals surface area contributed by atoms with Gasteiger partial charge in [0.25, 0.3) is 0 Å². The van der Waals surface area contributed by atoms with Crippen molar-refractivity contribution in [3.05, 3.63) is 65.5 Å². The first-order valence-electron chi connectivity index (χ1n) is 8.40. The van der Waals surface area contributed by atoms with E-state index in [1.165, 1.54) is 12.1 Å². The van der Waals surface area contributed by atoms with Gasteiger partial charge < -0.3 is 10.1 Å². The van der Waals surface area contributed by atoms with Crippen molar-refractivity contribution in [3.8, 4) is 5.75 Å². The van der Waals surface area contributed by atoms with E-state index in [-0.39, 0.29) is 23.4 Å². The normalized spacial score (nSPS) is 19.7. The minimum Gasteiger partial charge on any atom is -0.489 e. The number of hydrogen-bond acceptors (Lipinski definition) is 3. The molecule has 1 atom stereocenters. The first-order chi connectivity index (χ1) is 11.8. The van der Waals surface area contributed by atoms with Crippen molar-refractivity contribution in [1.29, 1.82) is 0 Å². The Kier molecular flexibility index (Phi) is 4.77. The highest BCUT2D eigenvalue weighted by Crippen LogP contribution is 2.25. The summed E-state index contributed by atoms with van der Waals surface area (Å²) in [4.78, 5) is 14.0. The van der Waals surface area contributed by atoms with Gasteiger partial charge in [-0.05, 0) is 56.2 Å². The number of rotatable bonds is 5. The molecule has 1 heterocycles. The van der Waals surface area contributed by atoms with Crippen LogP contribution in [0.3, 0.4) is 0 Å². The molecule has 2 aromatic rings. The second-order valence-corrected chi connectivity index (χ2v) is 6.91. The number of nitrogens with one attached hydrogen (secondary N) is 1. The number of amides is 1. The van der Waals surface area contributed by atoms with Gasteiger partial charge in [-0.3, -0.25) is 9.69 Å². The third-order valence-electron chi connectivity index (χ3n) is 4.56. The Morgan fingerprint density at radius 3 is 2.48 bits per heavy atom. The van der Waals surface area contributed by atoms with Crippen LogP contribution >= 0.6 is 0 Å². The molecule has 3 rings (SSSR count). The smallest absolute Gasteiger partial charge is 0.238 e. The monoisotopic (exact) mass is 342 g/mol. The van der Waals surface area contributed by atoms with Crippen LogP contribution in [0.1, 0.15) is 31.9 Å². The van der Waals surface area contributed by atoms with E-state index in [0.29, 0.717) is 13.2 Å². The Labute approximate surface area is 147 Å². The van der Waals surface area contributed by atoms with E-state index in [0.717, 1.165) is 16.9 Å². The fraction of sp³-hybridized carbons (Fsp3) is 0.350. The largest absolute Gasteiger partial charge is 0.489 e. The van der Waals surface area contributed by atoms with Gasteiger partial charge in [0.05, 0.1) is 11.7 Å². The summed E-state index contributed by atoms with van der Waals surface area (Å²) >= 11 is 0. The molecule has 5 heteroatoms. The van der Waals surface area contributed by atoms with Crippen LogP contribution in [0.5, 0.6) is 5.75 Å². The molecule has 0 spiro atoms. The topological polar surface area (TPSA) is 41.6 Å². The molecule has 1 amide bonds. The average Bonchev–Trinajstić information content (AvgIpc) is 2.76. The van der Waals surface area contributed by atoms with Crippen molar-refractivity contribution in [2.75, 3.05) is 0 Å². The molecule has 0 aliphatic carbocycles. The number of carbonyl (C=O) groups excluding carboxylic acids is 1. The molecule has 1 aliphatic rings. The summed E-state index contributed by atoms with van der Waals surface area (Å²) in [6, 6.07) is 14.0. The minimum atomic E-state index is -0.358. The van der Waals surface area contributed by atoms with E-state index in [4.69, 9.17) is 4.74 Å². The van der Waals surface area contributed by atoms with E-state index in [1.54, 1.807) is 6.07 Å². The maximum absolute atomic E-state index is 13.2. The van der Waals surface area contributed by atoms with Gasteiger partial charge in [-0.25, -0.2) is 4.39 Å². The highest BCUT2D eigenvalue weighted by Gasteiger charge is 2.42. The predicted molar refractivity (Wildman–Crippen MR) is 94.4 cm³/mol. The summed E-state index contributed by atoms with van der Waals surface area (Å²) in [5.41, 5.74) is 1.54. The molecular formula is C20H23FN2O2. The van der Waals surface area contributed by atoms with E-state index >= 15 is 0 Å². The molecule has 25 heavy (non-hydrogen) atoms. The fourth-order valence-corrected chi connectivity index (χ4v) is 3.12. The highest BCUT2D eigenvalue weighted by atomic mass is 19.1. The number of nitrogens with zero attached hydrogens (tertiary/aromatic N) is 1. The van der Waals surface area contributed by atoms with E-state index in [9.17, 15) is 9.18 Å². The van der Waals surface area contributed by atoms with Crippen LogP contribution in [-0.4, -0.2) is 22.5 Å². The Morgan fingerprint density at radius 2 is 1.88 bits per heavy atom. The Bertz CT molecular complexity index is 759.